The Kier molecular flexibility index (Phi) is 7.51. The topological polar surface area (TPSA) is 129 Å². The highest BCUT2D eigenvalue weighted by Gasteiger charge is 2.48. The van der Waals surface area contributed by atoms with Crippen molar-refractivity contribution >= 4 is 17.3 Å². The van der Waals surface area contributed by atoms with Crippen molar-refractivity contribution in [3.05, 3.63) is 50.2 Å². The molecule has 0 radical (unpaired) electrons. The zero-order valence-electron chi connectivity index (χ0n) is 20.3. The molecule has 38 heavy (non-hydrogen) atoms. The number of hydrogen-bond donors (Lipinski definition) is 2. The molecule has 2 N–H and O–H groups in total. The molecule has 2 aromatic rings. The molecule has 0 fully saturated rings. The van der Waals surface area contributed by atoms with Crippen molar-refractivity contribution < 1.29 is 41.4 Å². The third-order valence-corrected chi connectivity index (χ3v) is 6.07. The first-order chi connectivity index (χ1) is 17.4. The molecule has 1 atom stereocenters. The number of benzene rings is 1. The van der Waals surface area contributed by atoms with Gasteiger partial charge in [0.25, 0.3) is 11.5 Å². The standard InChI is InChI=1S/C22H23F6N5O5/c1-4-11(5-2)33-16(34)14-12(20(33,3)38)7-6-8-13(14)29-30-15-17(35)31(9-21(23,24)25)19(37)32(18(15)36)10-22(26,27)28/h6-8,11,35,38H,4-5,9-10H2,1-3H3. The minimum absolute atomic E-state index is 0.103. The Morgan fingerprint density at radius 2 is 1.50 bits per heavy atom. The van der Waals surface area contributed by atoms with Gasteiger partial charge in [-0.15, -0.1) is 10.2 Å². The van der Waals surface area contributed by atoms with Gasteiger partial charge in [-0.3, -0.25) is 14.2 Å². The molecular weight excluding hydrogens is 528 g/mol. The largest absolute Gasteiger partial charge is 0.493 e. The molecule has 1 aromatic heterocycles. The second kappa shape index (κ2) is 9.89. The number of nitrogens with zero attached hydrogens (tertiary/aromatic N) is 5. The number of aromatic nitrogens is 2. The van der Waals surface area contributed by atoms with Gasteiger partial charge in [0, 0.05) is 11.6 Å². The normalized spacial score (nSPS) is 18.2. The van der Waals surface area contributed by atoms with Gasteiger partial charge in [-0.25, -0.2) is 9.36 Å². The van der Waals surface area contributed by atoms with Crippen LogP contribution in [0.2, 0.25) is 0 Å². The first-order valence-corrected chi connectivity index (χ1v) is 11.3. The quantitative estimate of drug-likeness (QED) is 0.396. The van der Waals surface area contributed by atoms with Gasteiger partial charge in [-0.1, -0.05) is 26.0 Å². The van der Waals surface area contributed by atoms with E-state index in [2.05, 4.69) is 10.2 Å². The highest BCUT2D eigenvalue weighted by atomic mass is 19.4. The molecule has 1 unspecified atom stereocenters. The Labute approximate surface area is 210 Å². The van der Waals surface area contributed by atoms with E-state index in [0.717, 1.165) is 0 Å². The third-order valence-electron chi connectivity index (χ3n) is 6.07. The molecule has 10 nitrogen and oxygen atoms in total. The fourth-order valence-electron chi connectivity index (χ4n) is 4.37. The summed E-state index contributed by atoms with van der Waals surface area (Å²) in [6.07, 6.45) is -9.37. The predicted molar refractivity (Wildman–Crippen MR) is 119 cm³/mol. The van der Waals surface area contributed by atoms with Crippen LogP contribution in [0.15, 0.2) is 38.0 Å². The molecule has 16 heteroatoms. The van der Waals surface area contributed by atoms with Crippen LogP contribution in [-0.4, -0.2) is 48.5 Å². The molecule has 0 bridgehead atoms. The number of hydrogen-bond acceptors (Lipinski definition) is 7. The molecule has 208 valence electrons. The summed E-state index contributed by atoms with van der Waals surface area (Å²) >= 11 is 0. The summed E-state index contributed by atoms with van der Waals surface area (Å²) in [7, 11) is 0. The lowest BCUT2D eigenvalue weighted by Gasteiger charge is -2.36. The zero-order chi connectivity index (χ0) is 28.8. The van der Waals surface area contributed by atoms with Crippen LogP contribution >= 0.6 is 0 Å². The number of alkyl halides is 6. The number of aliphatic hydroxyl groups is 1. The number of halogens is 6. The number of carbonyl (C=O) groups excluding carboxylic acids is 1. The van der Waals surface area contributed by atoms with Crippen LogP contribution < -0.4 is 11.2 Å². The maximum atomic E-state index is 13.3. The lowest BCUT2D eigenvalue weighted by atomic mass is 10.0. The van der Waals surface area contributed by atoms with Gasteiger partial charge in [0.05, 0.1) is 11.3 Å². The van der Waals surface area contributed by atoms with E-state index < -0.39 is 69.0 Å². The second-order valence-electron chi connectivity index (χ2n) is 8.73. The average molecular weight is 551 g/mol. The van der Waals surface area contributed by atoms with E-state index in [4.69, 9.17) is 0 Å². The number of aromatic hydroxyl groups is 1. The number of amides is 1. The van der Waals surface area contributed by atoms with Crippen LogP contribution in [0.5, 0.6) is 5.88 Å². The first-order valence-electron chi connectivity index (χ1n) is 11.3. The summed E-state index contributed by atoms with van der Waals surface area (Å²) in [5, 5.41) is 28.4. The molecule has 1 aliphatic rings. The van der Waals surface area contributed by atoms with Crippen molar-refractivity contribution in [3.8, 4) is 5.88 Å². The van der Waals surface area contributed by atoms with E-state index in [1.54, 1.807) is 13.8 Å². The van der Waals surface area contributed by atoms with Crippen LogP contribution in [0, 0.1) is 0 Å². The Bertz CT molecular complexity index is 1390. The molecule has 0 spiro atoms. The predicted octanol–water partition coefficient (Wildman–Crippen LogP) is 4.07. The Morgan fingerprint density at radius 1 is 0.947 bits per heavy atom. The van der Waals surface area contributed by atoms with Crippen molar-refractivity contribution in [1.82, 2.24) is 14.0 Å². The molecule has 1 amide bonds. The van der Waals surface area contributed by atoms with Crippen molar-refractivity contribution in [3.63, 3.8) is 0 Å². The third kappa shape index (κ3) is 5.30. The van der Waals surface area contributed by atoms with Crippen molar-refractivity contribution in [2.45, 2.75) is 70.8 Å². The fraction of sp³-hybridized carbons (Fsp3) is 0.500. The van der Waals surface area contributed by atoms with Crippen LogP contribution in [0.3, 0.4) is 0 Å². The van der Waals surface area contributed by atoms with Crippen molar-refractivity contribution in [2.75, 3.05) is 0 Å². The van der Waals surface area contributed by atoms with Gasteiger partial charge >= 0.3 is 18.0 Å². The highest BCUT2D eigenvalue weighted by molar-refractivity contribution is 6.04. The maximum absolute atomic E-state index is 13.3. The van der Waals surface area contributed by atoms with E-state index >= 15 is 0 Å². The lowest BCUT2D eigenvalue weighted by molar-refractivity contribution is -0.145. The first kappa shape index (κ1) is 28.9. The number of rotatable bonds is 7. The van der Waals surface area contributed by atoms with Crippen LogP contribution in [-0.2, 0) is 18.8 Å². The zero-order valence-corrected chi connectivity index (χ0v) is 20.3. The minimum atomic E-state index is -5.18. The number of carbonyl (C=O) groups is 1. The highest BCUT2D eigenvalue weighted by Crippen LogP contribution is 2.43. The van der Waals surface area contributed by atoms with Gasteiger partial charge in [0.2, 0.25) is 11.6 Å². The van der Waals surface area contributed by atoms with E-state index in [0.29, 0.717) is 12.8 Å². The SMILES string of the molecule is CCC(CC)N1C(=O)c2c(N=Nc3c(O)n(CC(F)(F)F)c(=O)n(CC(F)(F)F)c3=O)cccc2C1(C)O. The Morgan fingerprint density at radius 3 is 2.03 bits per heavy atom. The van der Waals surface area contributed by atoms with Crippen LogP contribution in [0.4, 0.5) is 37.7 Å². The van der Waals surface area contributed by atoms with Crippen LogP contribution in [0.25, 0.3) is 0 Å². The van der Waals surface area contributed by atoms with Crippen LogP contribution in [0.1, 0.15) is 49.5 Å². The van der Waals surface area contributed by atoms with Crippen molar-refractivity contribution in [1.29, 1.82) is 0 Å². The van der Waals surface area contributed by atoms with Gasteiger partial charge < -0.3 is 15.1 Å². The smallest absolute Gasteiger partial charge is 0.406 e. The van der Waals surface area contributed by atoms with Gasteiger partial charge in [-0.05, 0) is 25.8 Å². The molecule has 1 aliphatic heterocycles. The summed E-state index contributed by atoms with van der Waals surface area (Å²) in [6.45, 7) is 0.491. The Hall–Kier alpha value is -3.69. The molecular formula is C22H23F6N5O5. The molecule has 0 saturated carbocycles. The fourth-order valence-corrected chi connectivity index (χ4v) is 4.37. The average Bonchev–Trinajstić information content (AvgIpc) is 3.00. The van der Waals surface area contributed by atoms with Gasteiger partial charge in [-0.2, -0.15) is 26.3 Å². The molecule has 2 heterocycles. The molecule has 3 rings (SSSR count). The van der Waals surface area contributed by atoms with Crippen molar-refractivity contribution in [2.24, 2.45) is 10.2 Å². The van der Waals surface area contributed by atoms with E-state index in [1.807, 2.05) is 0 Å². The van der Waals surface area contributed by atoms with Gasteiger partial charge in [0.1, 0.15) is 13.1 Å². The maximum Gasteiger partial charge on any atom is 0.406 e. The summed E-state index contributed by atoms with van der Waals surface area (Å²) in [4.78, 5) is 39.3. The number of fused-ring (bicyclic) bond motifs is 1. The lowest BCUT2D eigenvalue weighted by Crippen LogP contribution is -2.47. The summed E-state index contributed by atoms with van der Waals surface area (Å²) in [6, 6.07) is 3.60. The molecule has 0 saturated heterocycles. The summed E-state index contributed by atoms with van der Waals surface area (Å²) < 4.78 is 76.8. The van der Waals surface area contributed by atoms with E-state index in [1.165, 1.54) is 30.0 Å². The summed E-state index contributed by atoms with van der Waals surface area (Å²) in [5.74, 6) is -2.34. The Balaban J connectivity index is 2.21. The molecule has 1 aromatic carbocycles. The van der Waals surface area contributed by atoms with E-state index in [-0.39, 0.29) is 22.9 Å². The van der Waals surface area contributed by atoms with Gasteiger partial charge in [0.15, 0.2) is 5.72 Å². The summed E-state index contributed by atoms with van der Waals surface area (Å²) in [5.41, 5.74) is -7.42. The molecule has 0 aliphatic carbocycles. The second-order valence-corrected chi connectivity index (χ2v) is 8.73. The minimum Gasteiger partial charge on any atom is -0.493 e. The monoisotopic (exact) mass is 551 g/mol. The van der Waals surface area contributed by atoms with E-state index in [9.17, 15) is 50.9 Å². The number of azo groups is 1.